The van der Waals surface area contributed by atoms with Gasteiger partial charge in [-0.05, 0) is 63.1 Å². The Bertz CT molecular complexity index is 430. The Labute approximate surface area is 121 Å². The van der Waals surface area contributed by atoms with E-state index >= 15 is 0 Å². The van der Waals surface area contributed by atoms with E-state index < -0.39 is 0 Å². The lowest BCUT2D eigenvalue weighted by atomic mass is 10.2. The predicted molar refractivity (Wildman–Crippen MR) is 79.4 cm³/mol. The second-order valence-electron chi connectivity index (χ2n) is 5.56. The normalized spacial score (nSPS) is 18.4. The molecule has 1 N–H and O–H groups in total. The number of likely N-dealkylation sites (tertiary alicyclic amines) is 1. The van der Waals surface area contributed by atoms with Crippen molar-refractivity contribution in [1.29, 1.82) is 0 Å². The maximum atomic E-state index is 5.60. The monoisotopic (exact) mass is 276 g/mol. The zero-order valence-corrected chi connectivity index (χ0v) is 12.1. The number of nitrogens with zero attached hydrogens (tertiary/aromatic N) is 1. The number of hydrogen-bond donors (Lipinski definition) is 1. The lowest BCUT2D eigenvalue weighted by molar-refractivity contribution is 0.171. The van der Waals surface area contributed by atoms with E-state index in [2.05, 4.69) is 22.3 Å². The fourth-order valence-electron chi connectivity index (χ4n) is 2.86. The molecule has 1 aromatic carbocycles. The van der Waals surface area contributed by atoms with Crippen molar-refractivity contribution in [2.24, 2.45) is 0 Å². The molecule has 4 nitrogen and oxygen atoms in total. The van der Waals surface area contributed by atoms with Crippen molar-refractivity contribution in [3.05, 3.63) is 23.8 Å². The summed E-state index contributed by atoms with van der Waals surface area (Å²) in [7, 11) is 0. The zero-order valence-electron chi connectivity index (χ0n) is 12.1. The van der Waals surface area contributed by atoms with E-state index in [1.54, 1.807) is 0 Å². The topological polar surface area (TPSA) is 33.7 Å². The Balaban J connectivity index is 1.37. The number of hydrogen-bond acceptors (Lipinski definition) is 4. The van der Waals surface area contributed by atoms with E-state index in [1.807, 2.05) is 6.07 Å². The molecule has 0 aliphatic carbocycles. The van der Waals surface area contributed by atoms with E-state index in [0.29, 0.717) is 13.2 Å². The summed E-state index contributed by atoms with van der Waals surface area (Å²) in [6.07, 6.45) is 3.99. The van der Waals surface area contributed by atoms with Crippen LogP contribution in [0.3, 0.4) is 0 Å². The van der Waals surface area contributed by atoms with Crippen molar-refractivity contribution in [2.75, 3.05) is 39.4 Å². The molecule has 0 saturated carbocycles. The van der Waals surface area contributed by atoms with Crippen LogP contribution in [0.15, 0.2) is 18.2 Å². The van der Waals surface area contributed by atoms with Gasteiger partial charge in [0.2, 0.25) is 0 Å². The van der Waals surface area contributed by atoms with Crippen LogP contribution in [0.4, 0.5) is 0 Å². The lowest BCUT2D eigenvalue weighted by Crippen LogP contribution is -2.24. The maximum absolute atomic E-state index is 5.60. The highest BCUT2D eigenvalue weighted by atomic mass is 16.6. The van der Waals surface area contributed by atoms with Gasteiger partial charge in [0, 0.05) is 6.54 Å². The molecule has 110 valence electrons. The van der Waals surface area contributed by atoms with Crippen molar-refractivity contribution in [1.82, 2.24) is 10.2 Å². The highest BCUT2D eigenvalue weighted by Crippen LogP contribution is 2.30. The number of ether oxygens (including phenoxy) is 2. The molecule has 0 atom stereocenters. The molecule has 0 amide bonds. The summed E-state index contributed by atoms with van der Waals surface area (Å²) in [6.45, 7) is 7.10. The van der Waals surface area contributed by atoms with Gasteiger partial charge in [0.1, 0.15) is 13.2 Å². The van der Waals surface area contributed by atoms with Crippen LogP contribution < -0.4 is 14.8 Å². The molecule has 0 radical (unpaired) electrons. The summed E-state index contributed by atoms with van der Waals surface area (Å²) in [5.74, 6) is 1.75. The van der Waals surface area contributed by atoms with Crippen LogP contribution in [-0.2, 0) is 6.54 Å². The Kier molecular flexibility index (Phi) is 4.77. The second-order valence-corrected chi connectivity index (χ2v) is 5.56. The van der Waals surface area contributed by atoms with Crippen LogP contribution >= 0.6 is 0 Å². The number of fused-ring (bicyclic) bond motifs is 1. The lowest BCUT2D eigenvalue weighted by Gasteiger charge is -2.19. The van der Waals surface area contributed by atoms with Gasteiger partial charge in [0.25, 0.3) is 0 Å². The van der Waals surface area contributed by atoms with Crippen LogP contribution in [0.1, 0.15) is 24.8 Å². The van der Waals surface area contributed by atoms with E-state index in [-0.39, 0.29) is 0 Å². The Morgan fingerprint density at radius 3 is 2.70 bits per heavy atom. The Morgan fingerprint density at radius 2 is 1.85 bits per heavy atom. The molecule has 0 spiro atoms. The van der Waals surface area contributed by atoms with Gasteiger partial charge >= 0.3 is 0 Å². The second kappa shape index (κ2) is 6.95. The van der Waals surface area contributed by atoms with E-state index in [4.69, 9.17) is 9.47 Å². The third-order valence-electron chi connectivity index (χ3n) is 3.96. The van der Waals surface area contributed by atoms with Crippen LogP contribution in [0.5, 0.6) is 11.5 Å². The molecule has 0 bridgehead atoms. The molecule has 20 heavy (non-hydrogen) atoms. The van der Waals surface area contributed by atoms with Gasteiger partial charge in [0.05, 0.1) is 0 Å². The van der Waals surface area contributed by atoms with Gasteiger partial charge in [-0.15, -0.1) is 0 Å². The van der Waals surface area contributed by atoms with Crippen molar-refractivity contribution in [3.8, 4) is 11.5 Å². The van der Waals surface area contributed by atoms with Gasteiger partial charge in [-0.25, -0.2) is 0 Å². The maximum Gasteiger partial charge on any atom is 0.161 e. The minimum absolute atomic E-state index is 0.652. The average Bonchev–Trinajstić information content (AvgIpc) is 3.00. The molecule has 3 rings (SSSR count). The molecule has 1 fully saturated rings. The molecule has 0 aromatic heterocycles. The van der Waals surface area contributed by atoms with Crippen molar-refractivity contribution in [2.45, 2.75) is 25.8 Å². The van der Waals surface area contributed by atoms with Crippen molar-refractivity contribution in [3.63, 3.8) is 0 Å². The first-order valence-electron chi connectivity index (χ1n) is 7.73. The van der Waals surface area contributed by atoms with Gasteiger partial charge in [-0.2, -0.15) is 0 Å². The van der Waals surface area contributed by atoms with Crippen LogP contribution in [0, 0.1) is 0 Å². The number of nitrogens with one attached hydrogen (secondary N) is 1. The first-order valence-corrected chi connectivity index (χ1v) is 7.73. The largest absolute Gasteiger partial charge is 0.486 e. The SMILES string of the molecule is c1cc2c(cc1CNCCCN1CCCC1)OCCO2. The van der Waals surface area contributed by atoms with Crippen LogP contribution in [0.25, 0.3) is 0 Å². The summed E-state index contributed by atoms with van der Waals surface area (Å²) in [5, 5.41) is 3.51. The van der Waals surface area contributed by atoms with Gasteiger partial charge in [-0.1, -0.05) is 6.07 Å². The fourth-order valence-corrected chi connectivity index (χ4v) is 2.86. The van der Waals surface area contributed by atoms with Gasteiger partial charge in [-0.3, -0.25) is 0 Å². The highest BCUT2D eigenvalue weighted by molar-refractivity contribution is 5.43. The smallest absolute Gasteiger partial charge is 0.161 e. The van der Waals surface area contributed by atoms with Crippen molar-refractivity contribution >= 4 is 0 Å². The summed E-state index contributed by atoms with van der Waals surface area (Å²) in [5.41, 5.74) is 1.26. The van der Waals surface area contributed by atoms with Crippen LogP contribution in [-0.4, -0.2) is 44.3 Å². The first-order chi connectivity index (χ1) is 9.92. The molecule has 2 aliphatic heterocycles. The van der Waals surface area contributed by atoms with E-state index in [9.17, 15) is 0 Å². The molecule has 4 heteroatoms. The predicted octanol–water partition coefficient (Wildman–Crippen LogP) is 2.03. The average molecular weight is 276 g/mol. The highest BCUT2D eigenvalue weighted by Gasteiger charge is 2.12. The standard InChI is InChI=1S/C16H24N2O2/c1-2-8-18(7-1)9-3-6-17-13-14-4-5-15-16(12-14)20-11-10-19-15/h4-5,12,17H,1-3,6-11,13H2. The van der Waals surface area contributed by atoms with Gasteiger partial charge < -0.3 is 19.7 Å². The quantitative estimate of drug-likeness (QED) is 0.806. The molecular weight excluding hydrogens is 252 g/mol. The first kappa shape index (κ1) is 13.7. The summed E-state index contributed by atoms with van der Waals surface area (Å²) in [6, 6.07) is 6.21. The molecule has 2 aliphatic rings. The molecule has 1 aromatic rings. The molecule has 0 unspecified atom stereocenters. The van der Waals surface area contributed by atoms with E-state index in [0.717, 1.165) is 24.6 Å². The van der Waals surface area contributed by atoms with Gasteiger partial charge in [0.15, 0.2) is 11.5 Å². The Morgan fingerprint density at radius 1 is 1.05 bits per heavy atom. The summed E-state index contributed by atoms with van der Waals surface area (Å²) < 4.78 is 11.1. The Hall–Kier alpha value is -1.26. The summed E-state index contributed by atoms with van der Waals surface area (Å²) in [4.78, 5) is 2.56. The third kappa shape index (κ3) is 3.64. The number of rotatable bonds is 6. The van der Waals surface area contributed by atoms with Crippen molar-refractivity contribution < 1.29 is 9.47 Å². The zero-order chi connectivity index (χ0) is 13.6. The summed E-state index contributed by atoms with van der Waals surface area (Å²) >= 11 is 0. The minimum atomic E-state index is 0.652. The molecule has 1 saturated heterocycles. The molecular formula is C16H24N2O2. The van der Waals surface area contributed by atoms with E-state index in [1.165, 1.54) is 44.5 Å². The van der Waals surface area contributed by atoms with Crippen LogP contribution in [0.2, 0.25) is 0 Å². The fraction of sp³-hybridized carbons (Fsp3) is 0.625. The number of benzene rings is 1. The minimum Gasteiger partial charge on any atom is -0.486 e. The third-order valence-corrected chi connectivity index (χ3v) is 3.96. The molecule has 2 heterocycles.